The summed E-state index contributed by atoms with van der Waals surface area (Å²) in [7, 11) is 0. The van der Waals surface area contributed by atoms with Crippen molar-refractivity contribution in [3.63, 3.8) is 0 Å². The third kappa shape index (κ3) is 6.46. The van der Waals surface area contributed by atoms with Crippen molar-refractivity contribution >= 4 is 17.3 Å². The Bertz CT molecular complexity index is 1250. The molecule has 6 nitrogen and oxygen atoms in total. The van der Waals surface area contributed by atoms with Crippen LogP contribution in [0.1, 0.15) is 11.6 Å². The van der Waals surface area contributed by atoms with Crippen LogP contribution in [0, 0.1) is 0 Å². The van der Waals surface area contributed by atoms with E-state index in [1.807, 2.05) is 0 Å². The molecule has 3 aromatic rings. The summed E-state index contributed by atoms with van der Waals surface area (Å²) < 4.78 is 88.5. The molecule has 12 heteroatoms. The second-order valence-electron chi connectivity index (χ2n) is 7.55. The van der Waals surface area contributed by atoms with Gasteiger partial charge in [-0.25, -0.2) is 0 Å². The van der Waals surface area contributed by atoms with Crippen LogP contribution in [0.3, 0.4) is 0 Å². The van der Waals surface area contributed by atoms with Gasteiger partial charge >= 0.3 is 19.8 Å². The summed E-state index contributed by atoms with van der Waals surface area (Å²) in [4.78, 5) is 14.7. The molecule has 3 aromatic carbocycles. The Hall–Kier alpha value is -4.35. The van der Waals surface area contributed by atoms with E-state index < -0.39 is 31.8 Å². The number of alkyl halides is 6. The molecule has 0 saturated carbocycles. The minimum absolute atomic E-state index is 0.0752. The molecule has 0 saturated heterocycles. The number of carbonyl (C=O) groups is 1. The Balaban J connectivity index is 1.65. The number of amides is 1. The van der Waals surface area contributed by atoms with E-state index in [4.69, 9.17) is 0 Å². The van der Waals surface area contributed by atoms with E-state index in [1.54, 1.807) is 6.07 Å². The van der Waals surface area contributed by atoms with Gasteiger partial charge in [-0.05, 0) is 72.3 Å². The molecule has 0 fully saturated rings. The summed E-state index contributed by atoms with van der Waals surface area (Å²) in [6.45, 7) is -9.07. The number of nitrogens with one attached hydrogen (secondary N) is 1. The maximum Gasteiger partial charge on any atom is 0.387 e. The molecule has 4 rings (SSSR count). The van der Waals surface area contributed by atoms with Crippen LogP contribution in [0.5, 0.6) is 17.2 Å². The summed E-state index contributed by atoms with van der Waals surface area (Å²) in [5, 5.41) is 2.91. The number of anilines is 2. The highest BCUT2D eigenvalue weighted by atomic mass is 19.3. The molecular weight excluding hydrogens is 506 g/mol. The predicted octanol–water partition coefficient (Wildman–Crippen LogP) is 6.57. The van der Waals surface area contributed by atoms with Crippen LogP contribution in [0.15, 0.2) is 84.6 Å². The normalized spacial score (nSPS) is 15.4. The molecule has 0 spiro atoms. The molecule has 0 bridgehead atoms. The lowest BCUT2D eigenvalue weighted by molar-refractivity contribution is -0.114. The van der Waals surface area contributed by atoms with Gasteiger partial charge in [0.2, 0.25) is 0 Å². The summed E-state index contributed by atoms with van der Waals surface area (Å²) in [5.41, 5.74) is 1.22. The number of hydrogen-bond donors (Lipinski definition) is 1. The highest BCUT2D eigenvalue weighted by Gasteiger charge is 2.35. The van der Waals surface area contributed by atoms with E-state index in [0.717, 1.165) is 0 Å². The predicted molar refractivity (Wildman–Crippen MR) is 121 cm³/mol. The van der Waals surface area contributed by atoms with E-state index in [9.17, 15) is 31.1 Å². The van der Waals surface area contributed by atoms with Crippen molar-refractivity contribution in [1.29, 1.82) is 0 Å². The van der Waals surface area contributed by atoms with Crippen molar-refractivity contribution in [3.05, 3.63) is 90.1 Å². The van der Waals surface area contributed by atoms with Crippen molar-refractivity contribution in [2.24, 2.45) is 0 Å². The van der Waals surface area contributed by atoms with Gasteiger partial charge in [0.15, 0.2) is 0 Å². The lowest BCUT2D eigenvalue weighted by Crippen LogP contribution is -2.30. The number of ether oxygens (including phenoxy) is 3. The van der Waals surface area contributed by atoms with Gasteiger partial charge in [-0.1, -0.05) is 12.1 Å². The van der Waals surface area contributed by atoms with Gasteiger partial charge in [-0.3, -0.25) is 9.69 Å². The summed E-state index contributed by atoms with van der Waals surface area (Å²) in [6.07, 6.45) is 1.54. The molecule has 194 valence electrons. The second-order valence-corrected chi connectivity index (χ2v) is 7.55. The Kier molecular flexibility index (Phi) is 7.75. The van der Waals surface area contributed by atoms with Gasteiger partial charge in [0, 0.05) is 11.4 Å². The van der Waals surface area contributed by atoms with Crippen LogP contribution in [-0.4, -0.2) is 25.7 Å². The zero-order chi connectivity index (χ0) is 26.5. The zero-order valence-corrected chi connectivity index (χ0v) is 18.7. The number of rotatable bonds is 10. The topological polar surface area (TPSA) is 60.0 Å². The van der Waals surface area contributed by atoms with Crippen LogP contribution in [0.2, 0.25) is 0 Å². The molecule has 1 N–H and O–H groups in total. The first-order valence-electron chi connectivity index (χ1n) is 10.7. The summed E-state index contributed by atoms with van der Waals surface area (Å²) in [6, 6.07) is 15.7. The van der Waals surface area contributed by atoms with Gasteiger partial charge in [-0.2, -0.15) is 26.3 Å². The van der Waals surface area contributed by atoms with E-state index >= 15 is 0 Å². The molecule has 1 unspecified atom stereocenters. The van der Waals surface area contributed by atoms with Crippen molar-refractivity contribution < 1.29 is 45.3 Å². The molecule has 0 radical (unpaired) electrons. The van der Waals surface area contributed by atoms with Gasteiger partial charge in [0.25, 0.3) is 5.91 Å². The maximum atomic E-state index is 13.4. The van der Waals surface area contributed by atoms with Crippen LogP contribution < -0.4 is 24.4 Å². The SMILES string of the molecule is O=C1C(Nc2ccc(OC(F)F)cc2)=CC(c2cccc(OC(F)F)c2)N1c1ccc(OC(F)F)cc1. The highest BCUT2D eigenvalue weighted by molar-refractivity contribution is 6.11. The standard InChI is InChI=1S/C25H18F6N2O4/c26-23(27)35-17-8-4-15(5-9-17)32-20-13-21(14-2-1-3-19(12-14)37-25(30)31)33(22(20)34)16-6-10-18(11-7-16)36-24(28)29/h1-13,21,23-25,32H. The number of nitrogens with zero attached hydrogens (tertiary/aromatic N) is 1. The number of hydrogen-bond acceptors (Lipinski definition) is 5. The zero-order valence-electron chi connectivity index (χ0n) is 18.7. The first-order valence-corrected chi connectivity index (χ1v) is 10.7. The molecule has 0 aliphatic carbocycles. The monoisotopic (exact) mass is 524 g/mol. The lowest BCUT2D eigenvalue weighted by Gasteiger charge is -2.26. The summed E-state index contributed by atoms with van der Waals surface area (Å²) >= 11 is 0. The van der Waals surface area contributed by atoms with E-state index in [-0.39, 0.29) is 22.9 Å². The van der Waals surface area contributed by atoms with E-state index in [1.165, 1.54) is 77.7 Å². The fourth-order valence-electron chi connectivity index (χ4n) is 3.72. The first kappa shape index (κ1) is 25.7. The first-order chi connectivity index (χ1) is 17.7. The average Bonchev–Trinajstić information content (AvgIpc) is 3.16. The molecular formula is C25H18F6N2O4. The van der Waals surface area contributed by atoms with Gasteiger partial charge in [0.1, 0.15) is 22.9 Å². The maximum absolute atomic E-state index is 13.4. The quantitative estimate of drug-likeness (QED) is 0.304. The Morgan fingerprint density at radius 2 is 1.24 bits per heavy atom. The number of benzene rings is 3. The van der Waals surface area contributed by atoms with E-state index in [2.05, 4.69) is 19.5 Å². The molecule has 1 aliphatic rings. The molecule has 1 amide bonds. The molecule has 1 atom stereocenters. The largest absolute Gasteiger partial charge is 0.435 e. The minimum Gasteiger partial charge on any atom is -0.435 e. The fourth-order valence-corrected chi connectivity index (χ4v) is 3.72. The second kappa shape index (κ2) is 11.1. The Morgan fingerprint density at radius 1 is 0.703 bits per heavy atom. The number of carbonyl (C=O) groups excluding carboxylic acids is 1. The van der Waals surface area contributed by atoms with E-state index in [0.29, 0.717) is 16.9 Å². The van der Waals surface area contributed by atoms with Crippen LogP contribution in [0.25, 0.3) is 0 Å². The van der Waals surface area contributed by atoms with Gasteiger partial charge in [-0.15, -0.1) is 0 Å². The Morgan fingerprint density at radius 3 is 1.81 bits per heavy atom. The number of halogens is 6. The fraction of sp³-hybridized carbons (Fsp3) is 0.160. The lowest BCUT2D eigenvalue weighted by atomic mass is 10.1. The van der Waals surface area contributed by atoms with Gasteiger partial charge in [0.05, 0.1) is 6.04 Å². The van der Waals surface area contributed by atoms with Crippen molar-refractivity contribution in [2.45, 2.75) is 25.9 Å². The van der Waals surface area contributed by atoms with Gasteiger partial charge < -0.3 is 19.5 Å². The van der Waals surface area contributed by atoms with Crippen molar-refractivity contribution in [2.75, 3.05) is 10.2 Å². The van der Waals surface area contributed by atoms with Crippen LogP contribution >= 0.6 is 0 Å². The molecule has 37 heavy (non-hydrogen) atoms. The van der Waals surface area contributed by atoms with Crippen LogP contribution in [0.4, 0.5) is 37.7 Å². The molecule has 0 aromatic heterocycles. The smallest absolute Gasteiger partial charge is 0.387 e. The third-order valence-electron chi connectivity index (χ3n) is 5.18. The molecule has 1 aliphatic heterocycles. The Labute approximate surface area is 206 Å². The third-order valence-corrected chi connectivity index (χ3v) is 5.18. The van der Waals surface area contributed by atoms with Crippen LogP contribution in [-0.2, 0) is 4.79 Å². The minimum atomic E-state index is -3.05. The summed E-state index contributed by atoms with van der Waals surface area (Å²) in [5.74, 6) is -0.842. The molecule has 1 heterocycles. The average molecular weight is 524 g/mol. The van der Waals surface area contributed by atoms with Crippen molar-refractivity contribution in [1.82, 2.24) is 0 Å². The van der Waals surface area contributed by atoms with Crippen molar-refractivity contribution in [3.8, 4) is 17.2 Å². The highest BCUT2D eigenvalue weighted by Crippen LogP contribution is 2.38.